The second-order valence-electron chi connectivity index (χ2n) is 4.88. The molecular weight excluding hydrogens is 262 g/mol. The maximum Gasteiger partial charge on any atom is 0.142 e. The van der Waals surface area contributed by atoms with Crippen molar-refractivity contribution in [1.82, 2.24) is 0 Å². The molecule has 19 heavy (non-hydrogen) atoms. The molecule has 0 aromatic heterocycles. The van der Waals surface area contributed by atoms with Crippen molar-refractivity contribution in [2.75, 3.05) is 18.5 Å². The number of rotatable bonds is 7. The minimum absolute atomic E-state index is 0.404. The first kappa shape index (κ1) is 14.5. The van der Waals surface area contributed by atoms with E-state index in [4.69, 9.17) is 21.1 Å². The fourth-order valence-electron chi connectivity index (χ4n) is 2.23. The van der Waals surface area contributed by atoms with E-state index in [1.165, 1.54) is 0 Å². The fraction of sp³-hybridized carbons (Fsp3) is 0.600. The van der Waals surface area contributed by atoms with Crippen LogP contribution in [0.4, 0.5) is 5.69 Å². The van der Waals surface area contributed by atoms with Gasteiger partial charge in [-0.15, -0.1) is 0 Å². The van der Waals surface area contributed by atoms with Crippen LogP contribution in [0.5, 0.6) is 5.75 Å². The van der Waals surface area contributed by atoms with Crippen LogP contribution in [-0.4, -0.2) is 25.4 Å². The molecule has 1 aliphatic carbocycles. The van der Waals surface area contributed by atoms with E-state index in [1.54, 1.807) is 0 Å². The number of hydrogen-bond donors (Lipinski definition) is 1. The summed E-state index contributed by atoms with van der Waals surface area (Å²) in [4.78, 5) is 0. The average Bonchev–Trinajstić information content (AvgIpc) is 2.35. The molecule has 0 heterocycles. The lowest BCUT2D eigenvalue weighted by molar-refractivity contribution is 0.00294. The van der Waals surface area contributed by atoms with E-state index in [1.807, 2.05) is 25.1 Å². The Bertz CT molecular complexity index is 405. The molecule has 1 fully saturated rings. The number of halogens is 1. The molecule has 0 atom stereocenters. The molecule has 2 rings (SSSR count). The Morgan fingerprint density at radius 1 is 1.32 bits per heavy atom. The van der Waals surface area contributed by atoms with E-state index in [9.17, 15) is 0 Å². The van der Waals surface area contributed by atoms with Crippen LogP contribution in [0, 0.1) is 0 Å². The molecule has 4 heteroatoms. The number of hydrogen-bond acceptors (Lipinski definition) is 3. The van der Waals surface area contributed by atoms with Gasteiger partial charge in [-0.05, 0) is 44.4 Å². The Morgan fingerprint density at radius 2 is 2.11 bits per heavy atom. The number of nitrogens with one attached hydrogen (secondary N) is 1. The van der Waals surface area contributed by atoms with Crippen molar-refractivity contribution in [3.8, 4) is 5.75 Å². The Hall–Kier alpha value is -0.930. The number of benzene rings is 1. The average molecular weight is 284 g/mol. The highest BCUT2D eigenvalue weighted by atomic mass is 35.5. The maximum absolute atomic E-state index is 6.05. The standard InChI is InChI=1S/C15H22ClNO2/c1-3-7-19-15-6-5-11(16)8-14(15)17-12-9-13(10-12)18-4-2/h5-6,8,12-13,17H,3-4,7,9-10H2,1-2H3. The fourth-order valence-corrected chi connectivity index (χ4v) is 2.40. The molecule has 0 unspecified atom stereocenters. The summed E-state index contributed by atoms with van der Waals surface area (Å²) in [6.07, 6.45) is 3.50. The molecule has 0 radical (unpaired) electrons. The lowest BCUT2D eigenvalue weighted by atomic mass is 9.89. The quantitative estimate of drug-likeness (QED) is 0.817. The molecule has 1 N–H and O–H groups in total. The van der Waals surface area contributed by atoms with Gasteiger partial charge in [0.2, 0.25) is 0 Å². The molecule has 0 bridgehead atoms. The maximum atomic E-state index is 6.05. The highest BCUT2D eigenvalue weighted by Crippen LogP contribution is 2.33. The van der Waals surface area contributed by atoms with Gasteiger partial charge in [0.15, 0.2) is 0 Å². The molecule has 106 valence electrons. The second-order valence-corrected chi connectivity index (χ2v) is 5.32. The van der Waals surface area contributed by atoms with Crippen molar-refractivity contribution < 1.29 is 9.47 Å². The van der Waals surface area contributed by atoms with Crippen molar-refractivity contribution in [2.24, 2.45) is 0 Å². The van der Waals surface area contributed by atoms with Gasteiger partial charge in [-0.2, -0.15) is 0 Å². The van der Waals surface area contributed by atoms with E-state index in [-0.39, 0.29) is 0 Å². The summed E-state index contributed by atoms with van der Waals surface area (Å²) in [5.74, 6) is 0.881. The Labute approximate surface area is 120 Å². The molecule has 1 aromatic rings. The summed E-state index contributed by atoms with van der Waals surface area (Å²) in [6.45, 7) is 5.65. The molecule has 0 saturated heterocycles. The van der Waals surface area contributed by atoms with Gasteiger partial charge in [-0.25, -0.2) is 0 Å². The summed E-state index contributed by atoms with van der Waals surface area (Å²) in [7, 11) is 0. The van der Waals surface area contributed by atoms with Gasteiger partial charge < -0.3 is 14.8 Å². The zero-order valence-electron chi connectivity index (χ0n) is 11.6. The van der Waals surface area contributed by atoms with Gasteiger partial charge in [0.1, 0.15) is 5.75 Å². The summed E-state index contributed by atoms with van der Waals surface area (Å²) < 4.78 is 11.3. The van der Waals surface area contributed by atoms with Gasteiger partial charge in [0.05, 0.1) is 18.4 Å². The highest BCUT2D eigenvalue weighted by molar-refractivity contribution is 6.30. The number of anilines is 1. The van der Waals surface area contributed by atoms with Crippen LogP contribution >= 0.6 is 11.6 Å². The molecule has 0 amide bonds. The smallest absolute Gasteiger partial charge is 0.142 e. The van der Waals surface area contributed by atoms with Crippen molar-refractivity contribution in [3.05, 3.63) is 23.2 Å². The predicted octanol–water partition coefficient (Wildman–Crippen LogP) is 4.11. The molecule has 1 aromatic carbocycles. The summed E-state index contributed by atoms with van der Waals surface area (Å²) in [5, 5.41) is 4.22. The van der Waals surface area contributed by atoms with Crippen LogP contribution in [0.15, 0.2) is 18.2 Å². The van der Waals surface area contributed by atoms with Crippen molar-refractivity contribution >= 4 is 17.3 Å². The minimum atomic E-state index is 0.404. The van der Waals surface area contributed by atoms with E-state index < -0.39 is 0 Å². The van der Waals surface area contributed by atoms with E-state index in [0.717, 1.165) is 48.9 Å². The lowest BCUT2D eigenvalue weighted by Gasteiger charge is -2.36. The van der Waals surface area contributed by atoms with Gasteiger partial charge in [0.25, 0.3) is 0 Å². The summed E-state index contributed by atoms with van der Waals surface area (Å²) >= 11 is 6.05. The van der Waals surface area contributed by atoms with Gasteiger partial charge in [-0.1, -0.05) is 18.5 Å². The zero-order valence-corrected chi connectivity index (χ0v) is 12.4. The van der Waals surface area contributed by atoms with Crippen molar-refractivity contribution in [1.29, 1.82) is 0 Å². The molecule has 0 spiro atoms. The third-order valence-corrected chi connectivity index (χ3v) is 3.50. The largest absolute Gasteiger partial charge is 0.491 e. The highest BCUT2D eigenvalue weighted by Gasteiger charge is 2.29. The normalized spacial score (nSPS) is 21.8. The van der Waals surface area contributed by atoms with Crippen molar-refractivity contribution in [2.45, 2.75) is 45.3 Å². The van der Waals surface area contributed by atoms with Crippen LogP contribution in [0.25, 0.3) is 0 Å². The summed E-state index contributed by atoms with van der Waals surface area (Å²) in [6, 6.07) is 6.18. The van der Waals surface area contributed by atoms with Gasteiger partial charge in [-0.3, -0.25) is 0 Å². The van der Waals surface area contributed by atoms with E-state index in [0.29, 0.717) is 12.1 Å². The molecule has 3 nitrogen and oxygen atoms in total. The first-order valence-electron chi connectivity index (χ1n) is 7.03. The van der Waals surface area contributed by atoms with Crippen LogP contribution in [0.2, 0.25) is 5.02 Å². The SMILES string of the molecule is CCCOc1ccc(Cl)cc1NC1CC(OCC)C1. The van der Waals surface area contributed by atoms with Gasteiger partial charge >= 0.3 is 0 Å². The third kappa shape index (κ3) is 4.02. The molecule has 1 saturated carbocycles. The minimum Gasteiger partial charge on any atom is -0.491 e. The zero-order chi connectivity index (χ0) is 13.7. The topological polar surface area (TPSA) is 30.5 Å². The molecule has 1 aliphatic rings. The summed E-state index contributed by atoms with van der Waals surface area (Å²) in [5.41, 5.74) is 0.987. The van der Waals surface area contributed by atoms with Gasteiger partial charge in [0, 0.05) is 17.7 Å². The van der Waals surface area contributed by atoms with E-state index >= 15 is 0 Å². The predicted molar refractivity (Wildman–Crippen MR) is 79.3 cm³/mol. The second kappa shape index (κ2) is 7.01. The Balaban J connectivity index is 1.93. The van der Waals surface area contributed by atoms with Crippen LogP contribution in [0.3, 0.4) is 0 Å². The first-order chi connectivity index (χ1) is 9.22. The number of ether oxygens (including phenoxy) is 2. The Kier molecular flexibility index (Phi) is 5.34. The van der Waals surface area contributed by atoms with E-state index in [2.05, 4.69) is 12.2 Å². The van der Waals surface area contributed by atoms with Crippen LogP contribution in [0.1, 0.15) is 33.1 Å². The van der Waals surface area contributed by atoms with Crippen LogP contribution in [-0.2, 0) is 4.74 Å². The Morgan fingerprint density at radius 3 is 2.79 bits per heavy atom. The molecular formula is C15H22ClNO2. The molecule has 0 aliphatic heterocycles. The van der Waals surface area contributed by atoms with Crippen molar-refractivity contribution in [3.63, 3.8) is 0 Å². The first-order valence-corrected chi connectivity index (χ1v) is 7.41. The van der Waals surface area contributed by atoms with Crippen LogP contribution < -0.4 is 10.1 Å². The monoisotopic (exact) mass is 283 g/mol. The lowest BCUT2D eigenvalue weighted by Crippen LogP contribution is -2.40. The third-order valence-electron chi connectivity index (χ3n) is 3.26.